The lowest BCUT2D eigenvalue weighted by molar-refractivity contribution is 1.08. The molecule has 0 aliphatic heterocycles. The average Bonchev–Trinajstić information content (AvgIpc) is 2.77. The Morgan fingerprint density at radius 3 is 2.70 bits per heavy atom. The number of fused-ring (bicyclic) bond motifs is 1. The number of nitrogens with one attached hydrogen (secondary N) is 2. The van der Waals surface area contributed by atoms with E-state index in [1.807, 2.05) is 24.3 Å². The molecule has 0 atom stereocenters. The number of halogens is 1. The zero-order chi connectivity index (χ0) is 14.1. The minimum absolute atomic E-state index is 0.692. The number of H-pyrrole nitrogens is 1. The Morgan fingerprint density at radius 2 is 1.90 bits per heavy atom. The van der Waals surface area contributed by atoms with Crippen molar-refractivity contribution in [3.63, 3.8) is 0 Å². The maximum atomic E-state index is 6.42. The van der Waals surface area contributed by atoms with Gasteiger partial charge in [0.1, 0.15) is 0 Å². The second kappa shape index (κ2) is 5.22. The van der Waals surface area contributed by atoms with Gasteiger partial charge in [0.2, 0.25) is 0 Å². The van der Waals surface area contributed by atoms with Crippen molar-refractivity contribution in [3.8, 4) is 0 Å². The summed E-state index contributed by atoms with van der Waals surface area (Å²) in [5.41, 5.74) is 5.74. The fraction of sp³-hybridized carbons (Fsp3) is 0.176. The van der Waals surface area contributed by atoms with Gasteiger partial charge in [-0.05, 0) is 37.1 Å². The number of hydrogen-bond acceptors (Lipinski definition) is 1. The monoisotopic (exact) mass is 284 g/mol. The van der Waals surface area contributed by atoms with Gasteiger partial charge in [-0.3, -0.25) is 0 Å². The highest BCUT2D eigenvalue weighted by atomic mass is 35.5. The lowest BCUT2D eigenvalue weighted by atomic mass is 10.1. The van der Waals surface area contributed by atoms with E-state index in [1.165, 1.54) is 11.1 Å². The molecule has 0 amide bonds. The molecule has 102 valence electrons. The predicted molar refractivity (Wildman–Crippen MR) is 86.6 cm³/mol. The molecule has 0 saturated heterocycles. The van der Waals surface area contributed by atoms with Crippen molar-refractivity contribution in [3.05, 3.63) is 64.3 Å². The van der Waals surface area contributed by atoms with E-state index < -0.39 is 0 Å². The van der Waals surface area contributed by atoms with Gasteiger partial charge in [0.05, 0.1) is 17.3 Å². The van der Waals surface area contributed by atoms with Crippen LogP contribution in [-0.2, 0) is 6.54 Å². The Hall–Kier alpha value is -1.93. The van der Waals surface area contributed by atoms with Crippen molar-refractivity contribution in [1.82, 2.24) is 4.98 Å². The van der Waals surface area contributed by atoms with Crippen molar-refractivity contribution < 1.29 is 0 Å². The molecule has 0 spiro atoms. The summed E-state index contributed by atoms with van der Waals surface area (Å²) in [4.78, 5) is 3.37. The molecular weight excluding hydrogens is 268 g/mol. The Balaban J connectivity index is 1.87. The number of aromatic nitrogens is 1. The normalized spacial score (nSPS) is 10.9. The summed E-state index contributed by atoms with van der Waals surface area (Å²) in [5, 5.41) is 5.34. The van der Waals surface area contributed by atoms with E-state index >= 15 is 0 Å². The smallest absolute Gasteiger partial charge is 0.0710 e. The molecule has 0 unspecified atom stereocenters. The van der Waals surface area contributed by atoms with Crippen LogP contribution in [0.2, 0.25) is 5.02 Å². The van der Waals surface area contributed by atoms with Crippen LogP contribution in [0.4, 0.5) is 5.69 Å². The van der Waals surface area contributed by atoms with Gasteiger partial charge in [0, 0.05) is 16.6 Å². The third kappa shape index (κ3) is 2.39. The molecule has 1 heterocycles. The van der Waals surface area contributed by atoms with Gasteiger partial charge in [-0.15, -0.1) is 0 Å². The number of hydrogen-bond donors (Lipinski definition) is 2. The highest BCUT2D eigenvalue weighted by molar-refractivity contribution is 6.36. The summed E-state index contributed by atoms with van der Waals surface area (Å²) in [6.07, 6.45) is 0. The van der Waals surface area contributed by atoms with Crippen molar-refractivity contribution in [1.29, 1.82) is 0 Å². The first-order valence-electron chi connectivity index (χ1n) is 6.71. The first kappa shape index (κ1) is 13.1. The largest absolute Gasteiger partial charge is 0.379 e. The summed E-state index contributed by atoms with van der Waals surface area (Å²) in [5.74, 6) is 0. The molecule has 0 aliphatic rings. The van der Waals surface area contributed by atoms with Gasteiger partial charge in [0.25, 0.3) is 0 Å². The second-order valence-corrected chi connectivity index (χ2v) is 5.51. The number of aromatic amines is 1. The maximum Gasteiger partial charge on any atom is 0.0710 e. The predicted octanol–water partition coefficient (Wildman–Crippen LogP) is 5.05. The van der Waals surface area contributed by atoms with Crippen LogP contribution >= 0.6 is 11.6 Å². The molecule has 3 heteroatoms. The zero-order valence-corrected chi connectivity index (χ0v) is 12.4. The van der Waals surface area contributed by atoms with Crippen LogP contribution in [0.5, 0.6) is 0 Å². The zero-order valence-electron chi connectivity index (χ0n) is 11.6. The van der Waals surface area contributed by atoms with Gasteiger partial charge in [-0.25, -0.2) is 0 Å². The number of rotatable bonds is 3. The summed E-state index contributed by atoms with van der Waals surface area (Å²) in [7, 11) is 0. The van der Waals surface area contributed by atoms with Gasteiger partial charge >= 0.3 is 0 Å². The molecule has 0 aliphatic carbocycles. The number of benzene rings is 2. The molecule has 0 saturated carbocycles. The van der Waals surface area contributed by atoms with Gasteiger partial charge < -0.3 is 10.3 Å². The van der Waals surface area contributed by atoms with Crippen LogP contribution in [-0.4, -0.2) is 4.98 Å². The molecule has 0 fully saturated rings. The van der Waals surface area contributed by atoms with E-state index in [4.69, 9.17) is 11.6 Å². The fourth-order valence-electron chi connectivity index (χ4n) is 2.40. The summed E-state index contributed by atoms with van der Waals surface area (Å²) >= 11 is 6.42. The van der Waals surface area contributed by atoms with Crippen molar-refractivity contribution in [2.45, 2.75) is 20.4 Å². The quantitative estimate of drug-likeness (QED) is 0.692. The fourth-order valence-corrected chi connectivity index (χ4v) is 2.67. The van der Waals surface area contributed by atoms with E-state index in [0.29, 0.717) is 6.54 Å². The molecule has 0 bridgehead atoms. The molecular formula is C17H17ClN2. The molecule has 0 radical (unpaired) electrons. The Morgan fingerprint density at radius 1 is 1.10 bits per heavy atom. The average molecular weight is 285 g/mol. The van der Waals surface area contributed by atoms with Crippen LogP contribution < -0.4 is 5.32 Å². The lowest BCUT2D eigenvalue weighted by Crippen LogP contribution is -2.02. The third-order valence-corrected chi connectivity index (χ3v) is 3.99. The Labute approximate surface area is 123 Å². The van der Waals surface area contributed by atoms with Gasteiger partial charge in [-0.2, -0.15) is 0 Å². The van der Waals surface area contributed by atoms with E-state index in [9.17, 15) is 0 Å². The van der Waals surface area contributed by atoms with E-state index in [-0.39, 0.29) is 0 Å². The summed E-state index contributed by atoms with van der Waals surface area (Å²) in [6.45, 7) is 4.90. The van der Waals surface area contributed by atoms with Crippen LogP contribution in [0.3, 0.4) is 0 Å². The Bertz CT molecular complexity index is 759. The first-order chi connectivity index (χ1) is 9.65. The highest BCUT2D eigenvalue weighted by Gasteiger charge is 2.09. The summed E-state index contributed by atoms with van der Waals surface area (Å²) < 4.78 is 0. The molecule has 2 aromatic carbocycles. The Kier molecular flexibility index (Phi) is 3.41. The molecule has 1 aromatic heterocycles. The SMILES string of the molecule is Cc1ccc(C)c(NCc2[nH]c3ccccc3c2Cl)c1. The van der Waals surface area contributed by atoms with Crippen molar-refractivity contribution >= 4 is 28.2 Å². The molecule has 20 heavy (non-hydrogen) atoms. The highest BCUT2D eigenvalue weighted by Crippen LogP contribution is 2.28. The van der Waals surface area contributed by atoms with Gasteiger partial charge in [-0.1, -0.05) is 41.9 Å². The van der Waals surface area contributed by atoms with Crippen LogP contribution in [0.15, 0.2) is 42.5 Å². The van der Waals surface area contributed by atoms with E-state index in [2.05, 4.69) is 42.3 Å². The van der Waals surface area contributed by atoms with Crippen LogP contribution in [0, 0.1) is 13.8 Å². The molecule has 2 nitrogen and oxygen atoms in total. The number of anilines is 1. The molecule has 3 rings (SSSR count). The lowest BCUT2D eigenvalue weighted by Gasteiger charge is -2.10. The maximum absolute atomic E-state index is 6.42. The number of aryl methyl sites for hydroxylation is 2. The number of para-hydroxylation sites is 1. The standard InChI is InChI=1S/C17H17ClN2/c1-11-7-8-12(2)15(9-11)19-10-16-17(18)13-5-3-4-6-14(13)20-16/h3-9,19-20H,10H2,1-2H3. The van der Waals surface area contributed by atoms with Gasteiger partial charge in [0.15, 0.2) is 0 Å². The minimum atomic E-state index is 0.692. The van der Waals surface area contributed by atoms with Crippen LogP contribution in [0.25, 0.3) is 10.9 Å². The topological polar surface area (TPSA) is 27.8 Å². The molecule has 3 aromatic rings. The first-order valence-corrected chi connectivity index (χ1v) is 7.09. The summed E-state index contributed by atoms with van der Waals surface area (Å²) in [6, 6.07) is 14.5. The molecule has 2 N–H and O–H groups in total. The second-order valence-electron chi connectivity index (χ2n) is 5.14. The van der Waals surface area contributed by atoms with Crippen LogP contribution in [0.1, 0.15) is 16.8 Å². The minimum Gasteiger partial charge on any atom is -0.379 e. The van der Waals surface area contributed by atoms with E-state index in [1.54, 1.807) is 0 Å². The third-order valence-electron chi connectivity index (χ3n) is 3.56. The van der Waals surface area contributed by atoms with Crippen molar-refractivity contribution in [2.75, 3.05) is 5.32 Å². The van der Waals surface area contributed by atoms with E-state index in [0.717, 1.165) is 27.3 Å². The van der Waals surface area contributed by atoms with Crippen molar-refractivity contribution in [2.24, 2.45) is 0 Å².